The molecular weight excluding hydrogens is 584 g/mol. The number of amides is 2. The largest absolute Gasteiger partial charge is 0.504 e. The van der Waals surface area contributed by atoms with E-state index in [2.05, 4.69) is 4.98 Å². The highest BCUT2D eigenvalue weighted by molar-refractivity contribution is 6.25. The Kier molecular flexibility index (Phi) is 6.22. The van der Waals surface area contributed by atoms with Gasteiger partial charge in [0, 0.05) is 28.2 Å². The van der Waals surface area contributed by atoms with Crippen molar-refractivity contribution >= 4 is 40.2 Å². The second-order valence-corrected chi connectivity index (χ2v) is 12.2. The molecule has 1 aliphatic heterocycles. The van der Waals surface area contributed by atoms with E-state index in [-0.39, 0.29) is 41.3 Å². The molecule has 228 valence electrons. The Labute approximate surface area is 263 Å². The molecule has 8 rings (SSSR count). The zero-order valence-corrected chi connectivity index (χ0v) is 25.0. The number of nitrogens with zero attached hydrogens (tertiary/aromatic N) is 2. The number of oxazole rings is 1. The van der Waals surface area contributed by atoms with Gasteiger partial charge in [-0.1, -0.05) is 29.8 Å². The number of hydrogen-bond donors (Lipinski definition) is 1. The standard InChI is InChI=1S/C37H28N2O7/c1-18-15-28(41)33-25(34(18)42)17-24-22(31(33)20-9-14-30(45-2)27(40)16-20)12-13-23-32(24)37(44)39(36(23)43)21-10-7-19(8-11-21)35-38-26-5-3-4-6-29(26)46-35/h3-12,14-16,23-24,31-32,40H,13,17H2,1-2H3/t23-,24+,31-,32-/m0/s1. The molecule has 2 amide bonds. The van der Waals surface area contributed by atoms with Crippen LogP contribution in [0.5, 0.6) is 11.5 Å². The number of rotatable bonds is 4. The van der Waals surface area contributed by atoms with E-state index in [0.717, 1.165) is 11.1 Å². The highest BCUT2D eigenvalue weighted by Gasteiger charge is 2.56. The number of allylic oxidation sites excluding steroid dienone is 6. The summed E-state index contributed by atoms with van der Waals surface area (Å²) in [6, 6.07) is 19.4. The molecule has 0 spiro atoms. The van der Waals surface area contributed by atoms with E-state index in [1.165, 1.54) is 18.1 Å². The molecule has 4 atom stereocenters. The molecule has 46 heavy (non-hydrogen) atoms. The van der Waals surface area contributed by atoms with Crippen LogP contribution < -0.4 is 9.64 Å². The number of Topliss-reactive ketones (excluding diaryl/α,β-unsaturated/α-hetero) is 1. The summed E-state index contributed by atoms with van der Waals surface area (Å²) in [5.74, 6) is -2.94. The minimum absolute atomic E-state index is 0.0977. The van der Waals surface area contributed by atoms with Crippen molar-refractivity contribution in [2.45, 2.75) is 25.7 Å². The molecular formula is C37H28N2O7. The highest BCUT2D eigenvalue weighted by atomic mass is 16.5. The van der Waals surface area contributed by atoms with Crippen molar-refractivity contribution in [3.8, 4) is 23.0 Å². The van der Waals surface area contributed by atoms with Gasteiger partial charge in [0.2, 0.25) is 17.7 Å². The number of carbonyl (C=O) groups is 4. The van der Waals surface area contributed by atoms with Gasteiger partial charge in [-0.05, 0) is 85.9 Å². The molecule has 3 aliphatic carbocycles. The summed E-state index contributed by atoms with van der Waals surface area (Å²) in [6.07, 6.45) is 3.81. The number of para-hydroxylation sites is 2. The summed E-state index contributed by atoms with van der Waals surface area (Å²) < 4.78 is 11.1. The third-order valence-electron chi connectivity index (χ3n) is 9.76. The van der Waals surface area contributed by atoms with Crippen molar-refractivity contribution in [3.05, 3.63) is 107 Å². The van der Waals surface area contributed by atoms with Crippen LogP contribution in [-0.4, -0.2) is 40.6 Å². The van der Waals surface area contributed by atoms with Gasteiger partial charge in [-0.2, -0.15) is 0 Å². The van der Waals surface area contributed by atoms with Crippen LogP contribution in [-0.2, 0) is 19.2 Å². The molecule has 9 heteroatoms. The van der Waals surface area contributed by atoms with Gasteiger partial charge in [0.05, 0.1) is 24.6 Å². The maximum atomic E-state index is 14.2. The molecule has 4 aromatic rings. The van der Waals surface area contributed by atoms with Gasteiger partial charge in [-0.15, -0.1) is 0 Å². The average molecular weight is 613 g/mol. The number of ketones is 2. The number of imide groups is 1. The molecule has 0 saturated carbocycles. The van der Waals surface area contributed by atoms with Crippen molar-refractivity contribution in [2.75, 3.05) is 12.0 Å². The Morgan fingerprint density at radius 3 is 2.48 bits per heavy atom. The summed E-state index contributed by atoms with van der Waals surface area (Å²) in [6.45, 7) is 1.61. The molecule has 0 bridgehead atoms. The monoisotopic (exact) mass is 612 g/mol. The maximum Gasteiger partial charge on any atom is 0.238 e. The minimum Gasteiger partial charge on any atom is -0.504 e. The number of methoxy groups -OCH3 is 1. The Balaban J connectivity index is 1.16. The Morgan fingerprint density at radius 2 is 1.74 bits per heavy atom. The first-order valence-corrected chi connectivity index (χ1v) is 15.2. The Hall–Kier alpha value is -5.57. The molecule has 1 N–H and O–H groups in total. The van der Waals surface area contributed by atoms with Crippen LogP contribution in [0.25, 0.3) is 22.6 Å². The lowest BCUT2D eigenvalue weighted by Crippen LogP contribution is -2.39. The van der Waals surface area contributed by atoms with Crippen molar-refractivity contribution in [1.82, 2.24) is 4.98 Å². The maximum absolute atomic E-state index is 14.2. The zero-order chi connectivity index (χ0) is 31.9. The molecule has 1 saturated heterocycles. The zero-order valence-electron chi connectivity index (χ0n) is 25.0. The molecule has 4 aliphatic rings. The van der Waals surface area contributed by atoms with Gasteiger partial charge >= 0.3 is 0 Å². The number of ether oxygens (including phenoxy) is 1. The fourth-order valence-electron chi connectivity index (χ4n) is 7.65. The van der Waals surface area contributed by atoms with Crippen molar-refractivity contribution in [3.63, 3.8) is 0 Å². The number of carbonyl (C=O) groups excluding carboxylic acids is 4. The van der Waals surface area contributed by atoms with Gasteiger partial charge in [-0.25, -0.2) is 4.98 Å². The number of aromatic hydroxyl groups is 1. The van der Waals surface area contributed by atoms with E-state index in [9.17, 15) is 24.3 Å². The molecule has 9 nitrogen and oxygen atoms in total. The van der Waals surface area contributed by atoms with Crippen LogP contribution in [0.4, 0.5) is 5.69 Å². The molecule has 0 radical (unpaired) electrons. The average Bonchev–Trinajstić information content (AvgIpc) is 3.61. The summed E-state index contributed by atoms with van der Waals surface area (Å²) in [4.78, 5) is 60.9. The SMILES string of the molecule is COc1ccc([C@H]2C3=CC[C@@H]4C(=O)N(c5ccc(-c6nc7ccccc7o6)cc5)C(=O)[C@@H]4[C@@H]3CC3=C2C(=O)C=C(C)C3=O)cc1O. The number of phenolic OH excluding ortho intramolecular Hbond substituents is 1. The number of anilines is 1. The van der Waals surface area contributed by atoms with Crippen molar-refractivity contribution in [1.29, 1.82) is 0 Å². The van der Waals surface area contributed by atoms with E-state index >= 15 is 0 Å². The summed E-state index contributed by atoms with van der Waals surface area (Å²) in [5, 5.41) is 10.7. The fourth-order valence-corrected chi connectivity index (χ4v) is 7.65. The van der Waals surface area contributed by atoms with Gasteiger partial charge in [0.25, 0.3) is 0 Å². The van der Waals surface area contributed by atoms with E-state index in [1.54, 1.807) is 49.4 Å². The van der Waals surface area contributed by atoms with Gasteiger partial charge < -0.3 is 14.3 Å². The minimum atomic E-state index is -0.707. The number of hydrogen-bond acceptors (Lipinski definition) is 8. The quantitative estimate of drug-likeness (QED) is 0.173. The normalized spacial score (nSPS) is 24.1. The van der Waals surface area contributed by atoms with Gasteiger partial charge in [-0.3, -0.25) is 24.1 Å². The lowest BCUT2D eigenvalue weighted by Gasteiger charge is -2.42. The third-order valence-corrected chi connectivity index (χ3v) is 9.76. The first kappa shape index (κ1) is 27.9. The summed E-state index contributed by atoms with van der Waals surface area (Å²) in [7, 11) is 1.45. The van der Waals surface area contributed by atoms with Crippen molar-refractivity contribution < 1.29 is 33.4 Å². The topological polar surface area (TPSA) is 127 Å². The van der Waals surface area contributed by atoms with Crippen LogP contribution in [0.2, 0.25) is 0 Å². The molecule has 3 aromatic carbocycles. The van der Waals surface area contributed by atoms with E-state index in [4.69, 9.17) is 9.15 Å². The number of benzene rings is 3. The first-order valence-electron chi connectivity index (χ1n) is 15.2. The predicted octanol–water partition coefficient (Wildman–Crippen LogP) is 5.84. The highest BCUT2D eigenvalue weighted by Crippen LogP contribution is 2.56. The van der Waals surface area contributed by atoms with E-state index in [1.807, 2.05) is 30.3 Å². The van der Waals surface area contributed by atoms with Crippen molar-refractivity contribution in [2.24, 2.45) is 17.8 Å². The predicted molar refractivity (Wildman–Crippen MR) is 168 cm³/mol. The first-order chi connectivity index (χ1) is 22.2. The second kappa shape index (κ2) is 10.2. The lowest BCUT2D eigenvalue weighted by molar-refractivity contribution is -0.123. The molecule has 2 heterocycles. The van der Waals surface area contributed by atoms with Crippen LogP contribution in [0.1, 0.15) is 31.2 Å². The third kappa shape index (κ3) is 4.04. The number of phenols is 1. The summed E-state index contributed by atoms with van der Waals surface area (Å²) in [5.41, 5.74) is 5.05. The fraction of sp³-hybridized carbons (Fsp3) is 0.216. The van der Waals surface area contributed by atoms with Crippen LogP contribution in [0, 0.1) is 17.8 Å². The number of aromatic nitrogens is 1. The molecule has 0 unspecified atom stereocenters. The molecule has 1 aromatic heterocycles. The molecule has 1 fully saturated rings. The van der Waals surface area contributed by atoms with E-state index in [0.29, 0.717) is 51.4 Å². The Morgan fingerprint density at radius 1 is 0.957 bits per heavy atom. The van der Waals surface area contributed by atoms with Gasteiger partial charge in [0.15, 0.2) is 28.6 Å². The Bertz CT molecular complexity index is 2080. The van der Waals surface area contributed by atoms with Crippen LogP contribution >= 0.6 is 0 Å². The summed E-state index contributed by atoms with van der Waals surface area (Å²) >= 11 is 0. The van der Waals surface area contributed by atoms with E-state index < -0.39 is 23.7 Å². The lowest BCUT2D eigenvalue weighted by atomic mass is 9.59. The smallest absolute Gasteiger partial charge is 0.238 e. The van der Waals surface area contributed by atoms with Crippen LogP contribution in [0.3, 0.4) is 0 Å². The van der Waals surface area contributed by atoms with Gasteiger partial charge in [0.1, 0.15) is 5.52 Å². The second-order valence-electron chi connectivity index (χ2n) is 12.2. The number of fused-ring (bicyclic) bond motifs is 4. The van der Waals surface area contributed by atoms with Crippen LogP contribution in [0.15, 0.2) is 106 Å².